The topological polar surface area (TPSA) is 132 Å². The number of alkyl halides is 3. The van der Waals surface area contributed by atoms with Crippen molar-refractivity contribution >= 4 is 27.7 Å². The van der Waals surface area contributed by atoms with E-state index >= 15 is 0 Å². The van der Waals surface area contributed by atoms with Gasteiger partial charge in [-0.25, -0.2) is 14.8 Å². The molecule has 11 nitrogen and oxygen atoms in total. The summed E-state index contributed by atoms with van der Waals surface area (Å²) >= 11 is 3.46. The monoisotopic (exact) mass is 764 g/mol. The Balaban J connectivity index is 1.36. The van der Waals surface area contributed by atoms with E-state index in [4.69, 9.17) is 4.74 Å². The third kappa shape index (κ3) is 7.44. The van der Waals surface area contributed by atoms with Gasteiger partial charge in [0.15, 0.2) is 6.10 Å². The molecule has 1 aliphatic rings. The lowest BCUT2D eigenvalue weighted by atomic mass is 10.0. The van der Waals surface area contributed by atoms with Gasteiger partial charge in [-0.2, -0.15) is 13.2 Å². The molecule has 0 radical (unpaired) electrons. The third-order valence-electron chi connectivity index (χ3n) is 8.62. The van der Waals surface area contributed by atoms with Crippen LogP contribution in [-0.2, 0) is 19.6 Å². The minimum atomic E-state index is -4.85. The van der Waals surface area contributed by atoms with E-state index in [-0.39, 0.29) is 42.7 Å². The predicted octanol–water partition coefficient (Wildman–Crippen LogP) is 5.44. The molecule has 51 heavy (non-hydrogen) atoms. The van der Waals surface area contributed by atoms with Crippen LogP contribution in [0.2, 0.25) is 0 Å². The quantitative estimate of drug-likeness (QED) is 0.204. The van der Waals surface area contributed by atoms with Crippen LogP contribution in [0.15, 0.2) is 94.6 Å². The van der Waals surface area contributed by atoms with Crippen LogP contribution in [0.3, 0.4) is 0 Å². The zero-order valence-electron chi connectivity index (χ0n) is 27.4. The molecule has 2 aromatic heterocycles. The van der Waals surface area contributed by atoms with Crippen molar-refractivity contribution in [2.45, 2.75) is 51.8 Å². The molecule has 2 N–H and O–H groups in total. The van der Waals surface area contributed by atoms with E-state index in [0.717, 1.165) is 21.2 Å². The SMILES string of the molecule is Cc1cc(C(=O)N2Cc3c(C(=O)NCc4ccccc4-c4ccncn4)n(-c4ccc(OC[C@@H](O)C(F)(F)F)cc4)c(=O)n3C[C@@H]2C)ccc1Br. The van der Waals surface area contributed by atoms with Crippen molar-refractivity contribution in [3.63, 3.8) is 0 Å². The number of carbonyl (C=O) groups is 2. The molecule has 6 rings (SSSR count). The summed E-state index contributed by atoms with van der Waals surface area (Å²) in [4.78, 5) is 52.0. The van der Waals surface area contributed by atoms with E-state index < -0.39 is 36.5 Å². The zero-order chi connectivity index (χ0) is 36.4. The first-order chi connectivity index (χ1) is 24.3. The summed E-state index contributed by atoms with van der Waals surface area (Å²) in [5, 5.41) is 12.3. The minimum absolute atomic E-state index is 0.00244. The van der Waals surface area contributed by atoms with Crippen LogP contribution >= 0.6 is 15.9 Å². The van der Waals surface area contributed by atoms with Gasteiger partial charge in [-0.1, -0.05) is 40.2 Å². The number of hydrogen-bond acceptors (Lipinski definition) is 7. The Kier molecular flexibility index (Phi) is 10.1. The number of nitrogens with one attached hydrogen (secondary N) is 1. The first-order valence-electron chi connectivity index (χ1n) is 15.9. The summed E-state index contributed by atoms with van der Waals surface area (Å²) in [5.41, 5.74) is 3.54. The highest BCUT2D eigenvalue weighted by atomic mass is 79.9. The second kappa shape index (κ2) is 14.5. The number of aromatic nitrogens is 4. The average molecular weight is 766 g/mol. The predicted molar refractivity (Wildman–Crippen MR) is 184 cm³/mol. The van der Waals surface area contributed by atoms with E-state index in [2.05, 4.69) is 31.2 Å². The summed E-state index contributed by atoms with van der Waals surface area (Å²) in [6.07, 6.45) is -4.49. The molecule has 0 saturated carbocycles. The molecular weight excluding hydrogens is 733 g/mol. The Labute approximate surface area is 298 Å². The molecule has 15 heteroatoms. The molecule has 264 valence electrons. The molecule has 0 aliphatic carbocycles. The maximum absolute atomic E-state index is 14.2. The van der Waals surface area contributed by atoms with E-state index in [9.17, 15) is 32.7 Å². The molecule has 2 atom stereocenters. The van der Waals surface area contributed by atoms with Crippen LogP contribution in [0, 0.1) is 6.92 Å². The number of ether oxygens (including phenoxy) is 1. The van der Waals surface area contributed by atoms with Gasteiger partial charge in [-0.3, -0.25) is 18.7 Å². The van der Waals surface area contributed by atoms with Crippen LogP contribution < -0.4 is 15.7 Å². The van der Waals surface area contributed by atoms with Crippen molar-refractivity contribution in [1.82, 2.24) is 29.3 Å². The van der Waals surface area contributed by atoms with Crippen molar-refractivity contribution in [1.29, 1.82) is 0 Å². The lowest BCUT2D eigenvalue weighted by Gasteiger charge is -2.34. The number of halogens is 4. The van der Waals surface area contributed by atoms with Gasteiger partial charge >= 0.3 is 11.9 Å². The van der Waals surface area contributed by atoms with Crippen molar-refractivity contribution < 1.29 is 32.6 Å². The summed E-state index contributed by atoms with van der Waals surface area (Å²) in [6.45, 7) is 2.81. The van der Waals surface area contributed by atoms with Gasteiger partial charge < -0.3 is 20.1 Å². The summed E-state index contributed by atoms with van der Waals surface area (Å²) in [6, 6.07) is 19.5. The van der Waals surface area contributed by atoms with E-state index in [1.165, 1.54) is 39.7 Å². The number of hydrogen-bond donors (Lipinski definition) is 2. The summed E-state index contributed by atoms with van der Waals surface area (Å²) < 4.78 is 47.0. The number of aliphatic hydroxyl groups is 1. The van der Waals surface area contributed by atoms with E-state index in [1.807, 2.05) is 38.1 Å². The van der Waals surface area contributed by atoms with Gasteiger partial charge in [0.25, 0.3) is 11.8 Å². The minimum Gasteiger partial charge on any atom is -0.491 e. The molecule has 0 spiro atoms. The standard InChI is InChI=1S/C36H32BrF3N6O5/c1-21-15-23(7-12-28(21)37)34(49)44-18-30-32(33(48)42-16-24-5-3-4-6-27(24)29-13-14-41-20-43-29)46(35(50)45(30)17-22(44)2)25-8-10-26(11-9-25)51-19-31(47)36(38,39)40/h3-15,20,22,31,47H,16-19H2,1-2H3,(H,42,48)/t22-,31+/m0/s1. The molecule has 1 aliphatic heterocycles. The molecule has 0 unspecified atom stereocenters. The first kappa shape index (κ1) is 35.5. The highest BCUT2D eigenvalue weighted by molar-refractivity contribution is 9.10. The highest BCUT2D eigenvalue weighted by Gasteiger charge is 2.39. The Morgan fingerprint density at radius 3 is 2.53 bits per heavy atom. The maximum Gasteiger partial charge on any atom is 0.417 e. The third-order valence-corrected chi connectivity index (χ3v) is 9.51. The second-order valence-electron chi connectivity index (χ2n) is 12.1. The molecule has 3 heterocycles. The van der Waals surface area contributed by atoms with Crippen LogP contribution in [0.5, 0.6) is 5.75 Å². The Morgan fingerprint density at radius 2 is 1.84 bits per heavy atom. The smallest absolute Gasteiger partial charge is 0.417 e. The second-order valence-corrected chi connectivity index (χ2v) is 12.9. The van der Waals surface area contributed by atoms with Gasteiger partial charge in [0.1, 0.15) is 24.4 Å². The van der Waals surface area contributed by atoms with Gasteiger partial charge in [0.05, 0.1) is 23.6 Å². The number of amides is 2. The van der Waals surface area contributed by atoms with Gasteiger partial charge in [0.2, 0.25) is 0 Å². The lowest BCUT2D eigenvalue weighted by molar-refractivity contribution is -0.210. The molecule has 0 bridgehead atoms. The number of aliphatic hydroxyl groups excluding tert-OH is 1. The number of rotatable bonds is 9. The summed E-state index contributed by atoms with van der Waals surface area (Å²) in [5.74, 6) is -0.841. The number of nitrogens with zero attached hydrogens (tertiary/aromatic N) is 5. The van der Waals surface area contributed by atoms with Gasteiger partial charge in [0, 0.05) is 40.9 Å². The van der Waals surface area contributed by atoms with Crippen LogP contribution in [-0.4, -0.2) is 65.9 Å². The molecule has 5 aromatic rings. The first-order valence-corrected chi connectivity index (χ1v) is 16.6. The molecule has 2 amide bonds. The fourth-order valence-electron chi connectivity index (χ4n) is 5.90. The van der Waals surface area contributed by atoms with Crippen LogP contribution in [0.25, 0.3) is 16.9 Å². The normalized spacial score (nSPS) is 14.9. The Morgan fingerprint density at radius 1 is 1.10 bits per heavy atom. The fraction of sp³-hybridized carbons (Fsp3) is 0.250. The van der Waals surface area contributed by atoms with Crippen molar-refractivity contribution in [3.05, 3.63) is 128 Å². The number of carbonyl (C=O) groups excluding carboxylic acids is 2. The zero-order valence-corrected chi connectivity index (χ0v) is 29.0. The lowest BCUT2D eigenvalue weighted by Crippen LogP contribution is -2.47. The fourth-order valence-corrected chi connectivity index (χ4v) is 6.15. The molecule has 0 saturated heterocycles. The number of benzene rings is 3. The van der Waals surface area contributed by atoms with Crippen molar-refractivity contribution in [2.75, 3.05) is 6.61 Å². The van der Waals surface area contributed by atoms with Crippen molar-refractivity contribution in [3.8, 4) is 22.7 Å². The number of fused-ring (bicyclic) bond motifs is 1. The van der Waals surface area contributed by atoms with Gasteiger partial charge in [-0.15, -0.1) is 0 Å². The Hall–Kier alpha value is -5.28. The average Bonchev–Trinajstić information content (AvgIpc) is 3.41. The molecular formula is C36H32BrF3N6O5. The van der Waals surface area contributed by atoms with Crippen LogP contribution in [0.4, 0.5) is 13.2 Å². The van der Waals surface area contributed by atoms with Crippen LogP contribution in [0.1, 0.15) is 44.6 Å². The van der Waals surface area contributed by atoms with E-state index in [0.29, 0.717) is 17.0 Å². The number of imidazole rings is 1. The largest absolute Gasteiger partial charge is 0.491 e. The highest BCUT2D eigenvalue weighted by Crippen LogP contribution is 2.28. The van der Waals surface area contributed by atoms with Crippen molar-refractivity contribution in [2.24, 2.45) is 0 Å². The molecule has 0 fully saturated rings. The van der Waals surface area contributed by atoms with Gasteiger partial charge in [-0.05, 0) is 73.5 Å². The summed E-state index contributed by atoms with van der Waals surface area (Å²) in [7, 11) is 0. The number of aryl methyl sites for hydroxylation is 1. The molecule has 3 aromatic carbocycles. The maximum atomic E-state index is 14.2. The Bertz CT molecular complexity index is 2140. The van der Waals surface area contributed by atoms with E-state index in [1.54, 1.807) is 35.4 Å².